The van der Waals surface area contributed by atoms with Crippen molar-refractivity contribution < 1.29 is 14.2 Å². The lowest BCUT2D eigenvalue weighted by molar-refractivity contribution is 0.385. The van der Waals surface area contributed by atoms with Gasteiger partial charge in [-0.1, -0.05) is 11.8 Å². The van der Waals surface area contributed by atoms with Gasteiger partial charge in [0.2, 0.25) is 5.88 Å². The van der Waals surface area contributed by atoms with Crippen molar-refractivity contribution in [3.63, 3.8) is 0 Å². The van der Waals surface area contributed by atoms with Crippen molar-refractivity contribution in [2.45, 2.75) is 5.16 Å². The van der Waals surface area contributed by atoms with Gasteiger partial charge in [-0.25, -0.2) is 15.0 Å². The highest BCUT2D eigenvalue weighted by Crippen LogP contribution is 2.34. The Kier molecular flexibility index (Phi) is 5.35. The summed E-state index contributed by atoms with van der Waals surface area (Å²) >= 11 is 1.48. The van der Waals surface area contributed by atoms with Gasteiger partial charge in [-0.3, -0.25) is 0 Å². The smallest absolute Gasteiger partial charge is 0.228 e. The lowest BCUT2D eigenvalue weighted by atomic mass is 10.2. The topological polar surface area (TPSA) is 66.4 Å². The number of nitrogens with zero attached hydrogens (tertiary/aromatic N) is 3. The molecule has 0 atom stereocenters. The van der Waals surface area contributed by atoms with E-state index in [2.05, 4.69) is 15.0 Å². The number of rotatable bonds is 6. The van der Waals surface area contributed by atoms with E-state index in [1.807, 2.05) is 24.5 Å². The van der Waals surface area contributed by atoms with Crippen molar-refractivity contribution in [3.05, 3.63) is 48.8 Å². The van der Waals surface area contributed by atoms with Crippen LogP contribution < -0.4 is 14.2 Å². The summed E-state index contributed by atoms with van der Waals surface area (Å²) in [7, 11) is 3.19. The molecule has 0 fully saturated rings. The van der Waals surface area contributed by atoms with Gasteiger partial charge >= 0.3 is 0 Å². The summed E-state index contributed by atoms with van der Waals surface area (Å²) in [6.07, 6.45) is 5.33. The van der Waals surface area contributed by atoms with E-state index in [0.717, 1.165) is 11.3 Å². The Morgan fingerprint density at radius 2 is 1.60 bits per heavy atom. The number of ether oxygens (including phenoxy) is 3. The fourth-order valence-corrected chi connectivity index (χ4v) is 2.56. The van der Waals surface area contributed by atoms with E-state index < -0.39 is 0 Å². The summed E-state index contributed by atoms with van der Waals surface area (Å²) in [5, 5.41) is 0.690. The number of methoxy groups -OCH3 is 2. The van der Waals surface area contributed by atoms with Gasteiger partial charge in [0.15, 0.2) is 5.16 Å². The number of thioether (sulfide) groups is 1. The Balaban J connectivity index is 1.99. The lowest BCUT2D eigenvalue weighted by Gasteiger charge is -2.12. The molecule has 0 unspecified atom stereocenters. The van der Waals surface area contributed by atoms with Crippen molar-refractivity contribution >= 4 is 11.8 Å². The zero-order chi connectivity index (χ0) is 17.6. The van der Waals surface area contributed by atoms with Gasteiger partial charge in [0, 0.05) is 30.6 Å². The lowest BCUT2D eigenvalue weighted by Crippen LogP contribution is -1.95. The van der Waals surface area contributed by atoms with Crippen LogP contribution in [0.15, 0.2) is 53.9 Å². The Morgan fingerprint density at radius 1 is 0.880 bits per heavy atom. The summed E-state index contributed by atoms with van der Waals surface area (Å²) < 4.78 is 16.5. The van der Waals surface area contributed by atoms with Gasteiger partial charge in [-0.2, -0.15) is 0 Å². The SMILES string of the molecule is COc1cc(OC)cc(Oc2ncccc2-c2ccnc(SC)n2)c1. The Labute approximate surface area is 150 Å². The van der Waals surface area contributed by atoms with Crippen LogP contribution in [0.1, 0.15) is 0 Å². The maximum absolute atomic E-state index is 5.98. The van der Waals surface area contributed by atoms with E-state index >= 15 is 0 Å². The van der Waals surface area contributed by atoms with Crippen LogP contribution in [0.4, 0.5) is 0 Å². The average Bonchev–Trinajstić information content (AvgIpc) is 2.68. The highest BCUT2D eigenvalue weighted by atomic mass is 32.2. The molecule has 0 saturated carbocycles. The Bertz CT molecular complexity index is 851. The standard InChI is InChI=1S/C18H17N3O3S/c1-22-12-9-13(23-2)11-14(10-12)24-17-15(5-4-7-19-17)16-6-8-20-18(21-16)25-3/h4-11H,1-3H3. The summed E-state index contributed by atoms with van der Waals surface area (Å²) in [6.45, 7) is 0. The van der Waals surface area contributed by atoms with Crippen LogP contribution in [0.2, 0.25) is 0 Å². The first-order valence-corrected chi connectivity index (χ1v) is 8.69. The molecule has 2 aromatic heterocycles. The number of pyridine rings is 1. The number of hydrogen-bond acceptors (Lipinski definition) is 7. The maximum atomic E-state index is 5.98. The van der Waals surface area contributed by atoms with Crippen LogP contribution >= 0.6 is 11.8 Å². The van der Waals surface area contributed by atoms with Crippen molar-refractivity contribution in [2.75, 3.05) is 20.5 Å². The molecule has 6 nitrogen and oxygen atoms in total. The van der Waals surface area contributed by atoms with Crippen LogP contribution in [0.3, 0.4) is 0 Å². The minimum atomic E-state index is 0.448. The fraction of sp³-hybridized carbons (Fsp3) is 0.167. The molecule has 0 aliphatic carbocycles. The van der Waals surface area contributed by atoms with E-state index in [1.165, 1.54) is 11.8 Å². The predicted molar refractivity (Wildman–Crippen MR) is 96.7 cm³/mol. The molecule has 7 heteroatoms. The van der Waals surface area contributed by atoms with Crippen LogP contribution in [-0.2, 0) is 0 Å². The van der Waals surface area contributed by atoms with E-state index in [0.29, 0.717) is 28.3 Å². The Hall–Kier alpha value is -2.80. The van der Waals surface area contributed by atoms with Crippen molar-refractivity contribution in [2.24, 2.45) is 0 Å². The quantitative estimate of drug-likeness (QED) is 0.488. The molecule has 0 radical (unpaired) electrons. The second kappa shape index (κ2) is 7.85. The molecule has 128 valence electrons. The first kappa shape index (κ1) is 17.0. The number of aromatic nitrogens is 3. The van der Waals surface area contributed by atoms with Crippen LogP contribution in [0.5, 0.6) is 23.1 Å². The van der Waals surface area contributed by atoms with E-state index in [1.54, 1.807) is 44.8 Å². The molecule has 25 heavy (non-hydrogen) atoms. The molecule has 0 bridgehead atoms. The summed E-state index contributed by atoms with van der Waals surface area (Å²) in [6, 6.07) is 10.9. The molecule has 0 aliphatic rings. The van der Waals surface area contributed by atoms with Crippen LogP contribution in [-0.4, -0.2) is 35.4 Å². The first-order valence-electron chi connectivity index (χ1n) is 7.47. The maximum Gasteiger partial charge on any atom is 0.228 e. The number of hydrogen-bond donors (Lipinski definition) is 0. The van der Waals surface area contributed by atoms with Gasteiger partial charge < -0.3 is 14.2 Å². The number of benzene rings is 1. The molecule has 0 saturated heterocycles. The predicted octanol–water partition coefficient (Wildman–Crippen LogP) is 4.07. The van der Waals surface area contributed by atoms with Gasteiger partial charge in [0.25, 0.3) is 0 Å². The largest absolute Gasteiger partial charge is 0.496 e. The van der Waals surface area contributed by atoms with Crippen molar-refractivity contribution in [1.29, 1.82) is 0 Å². The molecule has 1 aromatic carbocycles. The highest BCUT2D eigenvalue weighted by Gasteiger charge is 2.12. The van der Waals surface area contributed by atoms with E-state index in [-0.39, 0.29) is 0 Å². The van der Waals surface area contributed by atoms with Crippen molar-refractivity contribution in [3.8, 4) is 34.4 Å². The molecular formula is C18H17N3O3S. The monoisotopic (exact) mass is 355 g/mol. The van der Waals surface area contributed by atoms with Gasteiger partial charge in [-0.05, 0) is 24.5 Å². The highest BCUT2D eigenvalue weighted by molar-refractivity contribution is 7.98. The molecule has 3 rings (SSSR count). The second-order valence-corrected chi connectivity index (χ2v) is 5.71. The molecule has 0 aliphatic heterocycles. The molecule has 0 N–H and O–H groups in total. The fourth-order valence-electron chi connectivity index (χ4n) is 2.21. The van der Waals surface area contributed by atoms with Crippen molar-refractivity contribution in [1.82, 2.24) is 15.0 Å². The first-order chi connectivity index (χ1) is 12.2. The minimum absolute atomic E-state index is 0.448. The van der Waals surface area contributed by atoms with E-state index in [9.17, 15) is 0 Å². The third kappa shape index (κ3) is 4.00. The second-order valence-electron chi connectivity index (χ2n) is 4.94. The summed E-state index contributed by atoms with van der Waals surface area (Å²) in [5.74, 6) is 2.29. The molecular weight excluding hydrogens is 338 g/mol. The Morgan fingerprint density at radius 3 is 2.28 bits per heavy atom. The molecule has 2 heterocycles. The van der Waals surface area contributed by atoms with Gasteiger partial charge in [0.05, 0.1) is 25.5 Å². The summed E-state index contributed by atoms with van der Waals surface area (Å²) in [4.78, 5) is 13.1. The van der Waals surface area contributed by atoms with Gasteiger partial charge in [-0.15, -0.1) is 0 Å². The third-order valence-corrected chi connectivity index (χ3v) is 3.96. The average molecular weight is 355 g/mol. The summed E-state index contributed by atoms with van der Waals surface area (Å²) in [5.41, 5.74) is 1.53. The normalized spacial score (nSPS) is 10.4. The zero-order valence-electron chi connectivity index (χ0n) is 14.1. The molecule has 0 spiro atoms. The van der Waals surface area contributed by atoms with Crippen LogP contribution in [0.25, 0.3) is 11.3 Å². The zero-order valence-corrected chi connectivity index (χ0v) is 14.9. The molecule has 0 amide bonds. The molecule has 3 aromatic rings. The van der Waals surface area contributed by atoms with Crippen LogP contribution in [0, 0.1) is 0 Å². The van der Waals surface area contributed by atoms with Gasteiger partial charge in [0.1, 0.15) is 17.2 Å². The third-order valence-electron chi connectivity index (χ3n) is 3.40. The van der Waals surface area contributed by atoms with E-state index in [4.69, 9.17) is 14.2 Å². The minimum Gasteiger partial charge on any atom is -0.496 e.